The fourth-order valence-corrected chi connectivity index (χ4v) is 3.38. The summed E-state index contributed by atoms with van der Waals surface area (Å²) in [6.45, 7) is 6.83. The van der Waals surface area contributed by atoms with Crippen LogP contribution in [0.15, 0.2) is 11.4 Å². The molecule has 2 aromatic heterocycles. The topological polar surface area (TPSA) is 83.1 Å². The van der Waals surface area contributed by atoms with Crippen LogP contribution in [0, 0.1) is 13.8 Å². The Labute approximate surface area is 139 Å². The number of rotatable bonds is 5. The molecule has 7 nitrogen and oxygen atoms in total. The molecule has 2 aromatic rings. The van der Waals surface area contributed by atoms with Gasteiger partial charge in [0.2, 0.25) is 5.91 Å². The number of hydrogen-bond donors (Lipinski definition) is 2. The highest BCUT2D eigenvalue weighted by molar-refractivity contribution is 7.10. The number of ether oxygens (including phenoxy) is 1. The zero-order valence-electron chi connectivity index (χ0n) is 13.3. The second-order valence-corrected chi connectivity index (χ2v) is 6.68. The van der Waals surface area contributed by atoms with Crippen LogP contribution in [0.5, 0.6) is 0 Å². The number of nitrogens with one attached hydrogen (secondary N) is 2. The molecule has 1 amide bonds. The Morgan fingerprint density at radius 2 is 2.43 bits per heavy atom. The van der Waals surface area contributed by atoms with Crippen LogP contribution in [0.4, 0.5) is 0 Å². The molecule has 0 aromatic carbocycles. The van der Waals surface area contributed by atoms with Crippen molar-refractivity contribution in [1.82, 2.24) is 25.4 Å². The number of carbonyl (C=O) groups excluding carboxylic acids is 1. The van der Waals surface area contributed by atoms with Crippen LogP contribution in [0.3, 0.4) is 0 Å². The Morgan fingerprint density at radius 1 is 1.57 bits per heavy atom. The predicted octanol–water partition coefficient (Wildman–Crippen LogP) is 1.17. The standard InChI is InChI=1S/C15H21N5O2S/c1-10-3-6-23-13(10)7-16-14(21)9-20-4-5-22-12(8-20)15-17-11(2)18-19-15/h3,6,12H,4-5,7-9H2,1-2H3,(H,16,21)(H,17,18,19)/t12-/m0/s1. The van der Waals surface area contributed by atoms with Gasteiger partial charge in [0.25, 0.3) is 0 Å². The molecule has 1 fully saturated rings. The number of thiophene rings is 1. The summed E-state index contributed by atoms with van der Waals surface area (Å²) in [7, 11) is 0. The van der Waals surface area contributed by atoms with E-state index in [4.69, 9.17) is 4.74 Å². The molecule has 1 saturated heterocycles. The predicted molar refractivity (Wildman–Crippen MR) is 87.2 cm³/mol. The van der Waals surface area contributed by atoms with Gasteiger partial charge < -0.3 is 10.1 Å². The molecule has 0 radical (unpaired) electrons. The average Bonchev–Trinajstić information content (AvgIpc) is 3.14. The Hall–Kier alpha value is -1.77. The van der Waals surface area contributed by atoms with Crippen LogP contribution >= 0.6 is 11.3 Å². The first kappa shape index (κ1) is 16.1. The minimum Gasteiger partial charge on any atom is -0.367 e. The zero-order chi connectivity index (χ0) is 16.2. The zero-order valence-corrected chi connectivity index (χ0v) is 14.2. The smallest absolute Gasteiger partial charge is 0.234 e. The fourth-order valence-electron chi connectivity index (χ4n) is 2.53. The van der Waals surface area contributed by atoms with Gasteiger partial charge in [-0.15, -0.1) is 11.3 Å². The van der Waals surface area contributed by atoms with Crippen molar-refractivity contribution in [1.29, 1.82) is 0 Å². The number of amides is 1. The number of hydrogen-bond acceptors (Lipinski definition) is 6. The Morgan fingerprint density at radius 3 is 3.13 bits per heavy atom. The maximum absolute atomic E-state index is 12.1. The number of aryl methyl sites for hydroxylation is 2. The molecule has 1 atom stereocenters. The molecule has 3 heterocycles. The van der Waals surface area contributed by atoms with Gasteiger partial charge in [-0.3, -0.25) is 14.8 Å². The van der Waals surface area contributed by atoms with Gasteiger partial charge in [-0.05, 0) is 30.9 Å². The minimum absolute atomic E-state index is 0.0321. The monoisotopic (exact) mass is 335 g/mol. The third-order valence-corrected chi connectivity index (χ3v) is 4.86. The summed E-state index contributed by atoms with van der Waals surface area (Å²) >= 11 is 1.67. The van der Waals surface area contributed by atoms with E-state index in [0.29, 0.717) is 32.1 Å². The van der Waals surface area contributed by atoms with E-state index in [1.807, 2.05) is 12.3 Å². The molecule has 8 heteroatoms. The molecule has 2 N–H and O–H groups in total. The van der Waals surface area contributed by atoms with Gasteiger partial charge in [-0.1, -0.05) is 0 Å². The summed E-state index contributed by atoms with van der Waals surface area (Å²) in [6, 6.07) is 2.07. The third kappa shape index (κ3) is 4.15. The van der Waals surface area contributed by atoms with Crippen LogP contribution in [0.25, 0.3) is 0 Å². The van der Waals surface area contributed by atoms with Crippen molar-refractivity contribution < 1.29 is 9.53 Å². The molecule has 124 valence electrons. The third-order valence-electron chi connectivity index (χ3n) is 3.83. The summed E-state index contributed by atoms with van der Waals surface area (Å²) in [5, 5.41) is 12.0. The summed E-state index contributed by atoms with van der Waals surface area (Å²) in [6.07, 6.45) is -0.180. The van der Waals surface area contributed by atoms with E-state index in [1.165, 1.54) is 10.4 Å². The fraction of sp³-hybridized carbons (Fsp3) is 0.533. The van der Waals surface area contributed by atoms with Gasteiger partial charge in [0.05, 0.1) is 19.7 Å². The Balaban J connectivity index is 1.49. The highest BCUT2D eigenvalue weighted by Crippen LogP contribution is 2.19. The van der Waals surface area contributed by atoms with Crippen LogP contribution in [0.2, 0.25) is 0 Å². The van der Waals surface area contributed by atoms with Crippen LogP contribution in [-0.4, -0.2) is 52.2 Å². The molecule has 0 bridgehead atoms. The average molecular weight is 335 g/mol. The van der Waals surface area contributed by atoms with Crippen LogP contribution in [-0.2, 0) is 16.1 Å². The summed E-state index contributed by atoms with van der Waals surface area (Å²) < 4.78 is 5.71. The molecule has 1 aliphatic rings. The molecule has 0 spiro atoms. The molecular weight excluding hydrogens is 314 g/mol. The lowest BCUT2D eigenvalue weighted by Gasteiger charge is -2.30. The SMILES string of the molecule is Cc1nc([C@@H]2CN(CC(=O)NCc3sccc3C)CCO2)n[nH]1. The van der Waals surface area contributed by atoms with Gasteiger partial charge in [0.1, 0.15) is 11.9 Å². The second-order valence-electron chi connectivity index (χ2n) is 5.68. The second kappa shape index (κ2) is 7.20. The van der Waals surface area contributed by atoms with Crippen molar-refractivity contribution >= 4 is 17.2 Å². The first-order chi connectivity index (χ1) is 11.1. The molecule has 3 rings (SSSR count). The van der Waals surface area contributed by atoms with Crippen LogP contribution < -0.4 is 5.32 Å². The number of aromatic nitrogens is 3. The van der Waals surface area contributed by atoms with Crippen molar-refractivity contribution in [2.24, 2.45) is 0 Å². The minimum atomic E-state index is -0.180. The van der Waals surface area contributed by atoms with E-state index in [2.05, 4.69) is 38.4 Å². The van der Waals surface area contributed by atoms with E-state index in [0.717, 1.165) is 12.4 Å². The van der Waals surface area contributed by atoms with E-state index >= 15 is 0 Å². The normalized spacial score (nSPS) is 19.0. The number of carbonyl (C=O) groups is 1. The lowest BCUT2D eigenvalue weighted by Crippen LogP contribution is -2.44. The molecular formula is C15H21N5O2S. The van der Waals surface area contributed by atoms with E-state index in [-0.39, 0.29) is 12.0 Å². The van der Waals surface area contributed by atoms with E-state index in [9.17, 15) is 4.79 Å². The largest absolute Gasteiger partial charge is 0.367 e. The summed E-state index contributed by atoms with van der Waals surface area (Å²) in [5.74, 6) is 1.45. The van der Waals surface area contributed by atoms with Gasteiger partial charge in [0.15, 0.2) is 5.82 Å². The number of nitrogens with zero attached hydrogens (tertiary/aromatic N) is 3. The lowest BCUT2D eigenvalue weighted by atomic mass is 10.2. The van der Waals surface area contributed by atoms with E-state index in [1.54, 1.807) is 11.3 Å². The lowest BCUT2D eigenvalue weighted by molar-refractivity contribution is -0.124. The first-order valence-electron chi connectivity index (χ1n) is 7.64. The molecule has 0 aliphatic carbocycles. The molecule has 23 heavy (non-hydrogen) atoms. The molecule has 0 saturated carbocycles. The maximum Gasteiger partial charge on any atom is 0.234 e. The van der Waals surface area contributed by atoms with Gasteiger partial charge in [0, 0.05) is 18.0 Å². The highest BCUT2D eigenvalue weighted by Gasteiger charge is 2.26. The maximum atomic E-state index is 12.1. The van der Waals surface area contributed by atoms with Crippen molar-refractivity contribution in [2.75, 3.05) is 26.2 Å². The van der Waals surface area contributed by atoms with Gasteiger partial charge in [-0.2, -0.15) is 5.10 Å². The van der Waals surface area contributed by atoms with Gasteiger partial charge in [-0.25, -0.2) is 4.98 Å². The van der Waals surface area contributed by atoms with Crippen LogP contribution in [0.1, 0.15) is 28.2 Å². The molecule has 0 unspecified atom stereocenters. The van der Waals surface area contributed by atoms with E-state index < -0.39 is 0 Å². The Kier molecular flexibility index (Phi) is 5.04. The summed E-state index contributed by atoms with van der Waals surface area (Å²) in [5.41, 5.74) is 1.22. The van der Waals surface area contributed by atoms with Crippen molar-refractivity contribution in [3.8, 4) is 0 Å². The van der Waals surface area contributed by atoms with Crippen molar-refractivity contribution in [3.63, 3.8) is 0 Å². The molecule has 1 aliphatic heterocycles. The number of morpholine rings is 1. The summed E-state index contributed by atoms with van der Waals surface area (Å²) in [4.78, 5) is 19.7. The highest BCUT2D eigenvalue weighted by atomic mass is 32.1. The number of aromatic amines is 1. The number of H-pyrrole nitrogens is 1. The van der Waals surface area contributed by atoms with Crippen molar-refractivity contribution in [2.45, 2.75) is 26.5 Å². The van der Waals surface area contributed by atoms with Gasteiger partial charge >= 0.3 is 0 Å². The van der Waals surface area contributed by atoms with Crippen molar-refractivity contribution in [3.05, 3.63) is 33.5 Å². The quantitative estimate of drug-likeness (QED) is 0.857. The Bertz CT molecular complexity index is 668. The first-order valence-corrected chi connectivity index (χ1v) is 8.52.